The number of fused-ring (bicyclic) bond motifs is 1. The van der Waals surface area contributed by atoms with Crippen LogP contribution in [0.5, 0.6) is 11.5 Å². The summed E-state index contributed by atoms with van der Waals surface area (Å²) in [5.41, 5.74) is 3.72. The van der Waals surface area contributed by atoms with E-state index in [1.54, 1.807) is 43.8 Å². The van der Waals surface area contributed by atoms with Gasteiger partial charge in [-0.2, -0.15) is 4.98 Å². The van der Waals surface area contributed by atoms with Crippen molar-refractivity contribution in [3.8, 4) is 22.9 Å². The molecule has 0 radical (unpaired) electrons. The molecule has 0 saturated carbocycles. The van der Waals surface area contributed by atoms with Gasteiger partial charge in [0.05, 0.1) is 19.9 Å². The third-order valence-electron chi connectivity index (χ3n) is 4.77. The van der Waals surface area contributed by atoms with Crippen LogP contribution in [0.2, 0.25) is 0 Å². The minimum Gasteiger partial charge on any atom is -0.493 e. The van der Waals surface area contributed by atoms with Gasteiger partial charge in [-0.3, -0.25) is 4.79 Å². The highest BCUT2D eigenvalue weighted by molar-refractivity contribution is 7.15. The molecule has 1 N–H and O–H groups in total. The fraction of sp³-hybridized carbons (Fsp3) is 0.227. The molecule has 0 bridgehead atoms. The molecule has 0 aliphatic rings. The number of nitrogens with zero attached hydrogens (tertiary/aromatic N) is 3. The van der Waals surface area contributed by atoms with Gasteiger partial charge in [-0.15, -0.1) is 16.4 Å². The maximum Gasteiger partial charge on any atom is 0.251 e. The van der Waals surface area contributed by atoms with E-state index in [9.17, 15) is 4.79 Å². The van der Waals surface area contributed by atoms with Crippen molar-refractivity contribution in [3.05, 3.63) is 64.7 Å². The van der Waals surface area contributed by atoms with Crippen LogP contribution >= 0.6 is 11.3 Å². The molecule has 0 unspecified atom stereocenters. The molecule has 4 aromatic rings. The van der Waals surface area contributed by atoms with Crippen LogP contribution in [0.1, 0.15) is 21.6 Å². The molecule has 0 fully saturated rings. The van der Waals surface area contributed by atoms with E-state index in [2.05, 4.69) is 34.5 Å². The van der Waals surface area contributed by atoms with Crippen molar-refractivity contribution in [3.63, 3.8) is 0 Å². The Bertz CT molecular complexity index is 1180. The second-order valence-electron chi connectivity index (χ2n) is 6.80. The quantitative estimate of drug-likeness (QED) is 0.491. The van der Waals surface area contributed by atoms with Crippen molar-refractivity contribution in [1.82, 2.24) is 19.9 Å². The Balaban J connectivity index is 1.42. The Labute approximate surface area is 178 Å². The third kappa shape index (κ3) is 3.99. The lowest BCUT2D eigenvalue weighted by molar-refractivity contribution is 0.0953. The molecule has 7 nitrogen and oxygen atoms in total. The molecule has 2 aromatic heterocycles. The summed E-state index contributed by atoms with van der Waals surface area (Å²) >= 11 is 1.54. The number of nitrogens with one attached hydrogen (secondary N) is 1. The number of rotatable bonds is 7. The predicted molar refractivity (Wildman–Crippen MR) is 117 cm³/mol. The third-order valence-corrected chi connectivity index (χ3v) is 5.64. The van der Waals surface area contributed by atoms with Gasteiger partial charge in [0.1, 0.15) is 0 Å². The van der Waals surface area contributed by atoms with Crippen LogP contribution < -0.4 is 14.8 Å². The van der Waals surface area contributed by atoms with Gasteiger partial charge in [0.15, 0.2) is 17.3 Å². The summed E-state index contributed by atoms with van der Waals surface area (Å²) in [7, 11) is 3.11. The maximum atomic E-state index is 12.5. The van der Waals surface area contributed by atoms with Crippen LogP contribution in [0.25, 0.3) is 16.3 Å². The second kappa shape index (κ2) is 8.54. The number of carbonyl (C=O) groups excluding carboxylic acids is 1. The van der Waals surface area contributed by atoms with Crippen molar-refractivity contribution >= 4 is 22.2 Å². The van der Waals surface area contributed by atoms with Crippen LogP contribution in [0, 0.1) is 6.92 Å². The van der Waals surface area contributed by atoms with E-state index in [4.69, 9.17) is 9.47 Å². The second-order valence-corrected chi connectivity index (χ2v) is 7.64. The van der Waals surface area contributed by atoms with E-state index < -0.39 is 0 Å². The summed E-state index contributed by atoms with van der Waals surface area (Å²) in [6, 6.07) is 13.3. The van der Waals surface area contributed by atoms with Crippen LogP contribution in [0.3, 0.4) is 0 Å². The molecule has 30 heavy (non-hydrogen) atoms. The number of aromatic nitrogens is 3. The van der Waals surface area contributed by atoms with Crippen molar-refractivity contribution < 1.29 is 14.3 Å². The van der Waals surface area contributed by atoms with E-state index in [0.717, 1.165) is 16.2 Å². The largest absolute Gasteiger partial charge is 0.493 e. The standard InChI is InChI=1S/C22H22N4O3S/c1-14-4-6-15(7-5-14)20-24-22-26(25-20)17(13-30-22)10-11-23-21(27)16-8-9-18(28-2)19(12-16)29-3/h4-9,12-13H,10-11H2,1-3H3,(H,23,27). The Hall–Kier alpha value is -3.39. The maximum absolute atomic E-state index is 12.5. The number of carbonyl (C=O) groups is 1. The highest BCUT2D eigenvalue weighted by Crippen LogP contribution is 2.27. The first-order valence-corrected chi connectivity index (χ1v) is 10.4. The molecule has 154 valence electrons. The Morgan fingerprint density at radius 2 is 1.87 bits per heavy atom. The molecule has 2 aromatic carbocycles. The zero-order valence-electron chi connectivity index (χ0n) is 17.0. The van der Waals surface area contributed by atoms with Crippen LogP contribution in [-0.2, 0) is 6.42 Å². The predicted octanol–water partition coefficient (Wildman–Crippen LogP) is 3.76. The van der Waals surface area contributed by atoms with E-state index in [1.807, 2.05) is 22.0 Å². The topological polar surface area (TPSA) is 77.8 Å². The van der Waals surface area contributed by atoms with Crippen molar-refractivity contribution in [1.29, 1.82) is 0 Å². The number of amides is 1. The molecular weight excluding hydrogens is 400 g/mol. The number of ether oxygens (including phenoxy) is 2. The van der Waals surface area contributed by atoms with Crippen molar-refractivity contribution in [2.24, 2.45) is 0 Å². The van der Waals surface area contributed by atoms with Gasteiger partial charge in [0.2, 0.25) is 4.96 Å². The van der Waals surface area contributed by atoms with Crippen molar-refractivity contribution in [2.45, 2.75) is 13.3 Å². The Morgan fingerprint density at radius 3 is 2.60 bits per heavy atom. The lowest BCUT2D eigenvalue weighted by atomic mass is 10.1. The molecule has 0 saturated heterocycles. The minimum atomic E-state index is -0.165. The normalized spacial score (nSPS) is 10.9. The summed E-state index contributed by atoms with van der Waals surface area (Å²) in [6.07, 6.45) is 0.649. The van der Waals surface area contributed by atoms with Gasteiger partial charge in [-0.1, -0.05) is 29.8 Å². The lowest BCUT2D eigenvalue weighted by Gasteiger charge is -2.10. The number of hydrogen-bond acceptors (Lipinski definition) is 6. The van der Waals surface area contributed by atoms with Gasteiger partial charge < -0.3 is 14.8 Å². The van der Waals surface area contributed by atoms with Crippen LogP contribution in [0.15, 0.2) is 47.8 Å². The van der Waals surface area contributed by atoms with Gasteiger partial charge in [0, 0.05) is 29.5 Å². The SMILES string of the molecule is COc1ccc(C(=O)NCCc2csc3nc(-c4ccc(C)cc4)nn23)cc1OC. The van der Waals surface area contributed by atoms with Gasteiger partial charge in [-0.25, -0.2) is 4.52 Å². The molecule has 0 aliphatic heterocycles. The number of hydrogen-bond donors (Lipinski definition) is 1. The highest BCUT2D eigenvalue weighted by atomic mass is 32.1. The molecule has 2 heterocycles. The Kier molecular flexibility index (Phi) is 5.67. The fourth-order valence-electron chi connectivity index (χ4n) is 3.11. The Morgan fingerprint density at radius 1 is 1.10 bits per heavy atom. The molecule has 0 atom stereocenters. The first-order chi connectivity index (χ1) is 14.6. The summed E-state index contributed by atoms with van der Waals surface area (Å²) in [5.74, 6) is 1.65. The molecule has 0 aliphatic carbocycles. The van der Waals surface area contributed by atoms with E-state index in [-0.39, 0.29) is 5.91 Å². The average molecular weight is 423 g/mol. The number of methoxy groups -OCH3 is 2. The van der Waals surface area contributed by atoms with Crippen molar-refractivity contribution in [2.75, 3.05) is 20.8 Å². The van der Waals surface area contributed by atoms with E-state index >= 15 is 0 Å². The first-order valence-electron chi connectivity index (χ1n) is 9.49. The zero-order chi connectivity index (χ0) is 21.1. The van der Waals surface area contributed by atoms with E-state index in [1.165, 1.54) is 5.56 Å². The summed E-state index contributed by atoms with van der Waals surface area (Å²) in [6.45, 7) is 2.54. The van der Waals surface area contributed by atoms with E-state index in [0.29, 0.717) is 35.9 Å². The lowest BCUT2D eigenvalue weighted by Crippen LogP contribution is -2.26. The van der Waals surface area contributed by atoms with Crippen LogP contribution in [0.4, 0.5) is 0 Å². The number of benzene rings is 2. The molecule has 1 amide bonds. The molecular formula is C22H22N4O3S. The molecule has 8 heteroatoms. The zero-order valence-corrected chi connectivity index (χ0v) is 17.8. The minimum absolute atomic E-state index is 0.165. The summed E-state index contributed by atoms with van der Waals surface area (Å²) < 4.78 is 12.3. The summed E-state index contributed by atoms with van der Waals surface area (Å²) in [5, 5.41) is 9.61. The van der Waals surface area contributed by atoms with Gasteiger partial charge in [0.25, 0.3) is 5.91 Å². The fourth-order valence-corrected chi connectivity index (χ4v) is 3.96. The first kappa shape index (κ1) is 19.9. The number of aryl methyl sites for hydroxylation is 1. The smallest absolute Gasteiger partial charge is 0.251 e. The number of thiazole rings is 1. The molecule has 4 rings (SSSR count). The van der Waals surface area contributed by atoms with Crippen LogP contribution in [-0.4, -0.2) is 41.3 Å². The average Bonchev–Trinajstić information content (AvgIpc) is 3.35. The van der Waals surface area contributed by atoms with Gasteiger partial charge in [-0.05, 0) is 25.1 Å². The highest BCUT2D eigenvalue weighted by Gasteiger charge is 2.13. The molecule has 0 spiro atoms. The van der Waals surface area contributed by atoms with Gasteiger partial charge >= 0.3 is 0 Å². The monoisotopic (exact) mass is 422 g/mol. The summed E-state index contributed by atoms with van der Waals surface area (Å²) in [4.78, 5) is 17.9.